The van der Waals surface area contributed by atoms with Crippen molar-refractivity contribution in [3.63, 3.8) is 0 Å². The number of carbonyl (C=O) groups excluding carboxylic acids is 1. The Hall–Kier alpha value is -1.49. The lowest BCUT2D eigenvalue weighted by molar-refractivity contribution is -0.126. The van der Waals surface area contributed by atoms with Gasteiger partial charge in [0.15, 0.2) is 0 Å². The molecule has 1 saturated carbocycles. The van der Waals surface area contributed by atoms with Gasteiger partial charge in [0.05, 0.1) is 7.11 Å². The first-order valence-electron chi connectivity index (χ1n) is 5.25. The standard InChI is InChI=1S/C11H14N2O3/c1-16-10-9(12-6-7-13-10)11(15)4-2-8(14)3-5-11/h6-7,15H,2-5H2,1H3. The molecule has 1 aromatic heterocycles. The fourth-order valence-corrected chi connectivity index (χ4v) is 1.97. The maximum atomic E-state index is 11.2. The maximum absolute atomic E-state index is 11.2. The molecule has 16 heavy (non-hydrogen) atoms. The summed E-state index contributed by atoms with van der Waals surface area (Å²) in [6.45, 7) is 0. The highest BCUT2D eigenvalue weighted by Gasteiger charge is 2.38. The van der Waals surface area contributed by atoms with Gasteiger partial charge in [-0.2, -0.15) is 0 Å². The van der Waals surface area contributed by atoms with E-state index in [1.165, 1.54) is 19.5 Å². The zero-order valence-electron chi connectivity index (χ0n) is 9.14. The topological polar surface area (TPSA) is 72.3 Å². The Kier molecular flexibility index (Phi) is 2.87. The summed E-state index contributed by atoms with van der Waals surface area (Å²) in [5, 5.41) is 10.4. The van der Waals surface area contributed by atoms with Gasteiger partial charge in [0.1, 0.15) is 17.1 Å². The summed E-state index contributed by atoms with van der Waals surface area (Å²) in [5.74, 6) is 0.520. The lowest BCUT2D eigenvalue weighted by atomic mass is 9.82. The van der Waals surface area contributed by atoms with Crippen LogP contribution in [0.4, 0.5) is 0 Å². The lowest BCUT2D eigenvalue weighted by Gasteiger charge is -2.31. The molecule has 0 unspecified atom stereocenters. The van der Waals surface area contributed by atoms with Gasteiger partial charge in [0.2, 0.25) is 5.88 Å². The van der Waals surface area contributed by atoms with Crippen LogP contribution in [0.3, 0.4) is 0 Å². The second-order valence-electron chi connectivity index (χ2n) is 3.98. The van der Waals surface area contributed by atoms with Gasteiger partial charge in [-0.3, -0.25) is 9.78 Å². The third kappa shape index (κ3) is 1.90. The molecule has 1 aliphatic carbocycles. The maximum Gasteiger partial charge on any atom is 0.238 e. The van der Waals surface area contributed by atoms with E-state index in [9.17, 15) is 9.90 Å². The molecule has 0 atom stereocenters. The second-order valence-corrected chi connectivity index (χ2v) is 3.98. The Morgan fingerprint density at radius 3 is 2.56 bits per heavy atom. The Bertz CT molecular complexity index is 396. The Morgan fingerprint density at radius 2 is 1.94 bits per heavy atom. The Labute approximate surface area is 93.5 Å². The van der Waals surface area contributed by atoms with E-state index >= 15 is 0 Å². The molecule has 1 aromatic rings. The largest absolute Gasteiger partial charge is 0.480 e. The van der Waals surface area contributed by atoms with Gasteiger partial charge in [-0.25, -0.2) is 4.98 Å². The average Bonchev–Trinajstić information content (AvgIpc) is 2.33. The van der Waals surface area contributed by atoms with E-state index in [0.29, 0.717) is 37.3 Å². The molecule has 0 amide bonds. The van der Waals surface area contributed by atoms with Crippen LogP contribution >= 0.6 is 0 Å². The van der Waals surface area contributed by atoms with Gasteiger partial charge >= 0.3 is 0 Å². The Balaban J connectivity index is 2.32. The second kappa shape index (κ2) is 4.17. The van der Waals surface area contributed by atoms with Crippen molar-refractivity contribution in [2.75, 3.05) is 7.11 Å². The van der Waals surface area contributed by atoms with E-state index in [1.807, 2.05) is 0 Å². The van der Waals surface area contributed by atoms with E-state index in [-0.39, 0.29) is 5.78 Å². The first-order chi connectivity index (χ1) is 7.65. The SMILES string of the molecule is COc1nccnc1C1(O)CCC(=O)CC1. The third-order valence-corrected chi connectivity index (χ3v) is 2.93. The van der Waals surface area contributed by atoms with Crippen LogP contribution in [0.25, 0.3) is 0 Å². The number of aliphatic hydroxyl groups is 1. The van der Waals surface area contributed by atoms with Crippen molar-refractivity contribution in [3.05, 3.63) is 18.1 Å². The van der Waals surface area contributed by atoms with Crippen LogP contribution in [0.1, 0.15) is 31.4 Å². The van der Waals surface area contributed by atoms with Gasteiger partial charge in [-0.1, -0.05) is 0 Å². The summed E-state index contributed by atoms with van der Waals surface area (Å²) in [7, 11) is 1.49. The number of Topliss-reactive ketones (excluding diaryl/α,β-unsaturated/α-hetero) is 1. The van der Waals surface area contributed by atoms with Crippen molar-refractivity contribution < 1.29 is 14.6 Å². The van der Waals surface area contributed by atoms with E-state index in [4.69, 9.17) is 4.74 Å². The van der Waals surface area contributed by atoms with Crippen LogP contribution in [-0.4, -0.2) is 28.0 Å². The summed E-state index contributed by atoms with van der Waals surface area (Å²) in [6, 6.07) is 0. The number of hydrogen-bond acceptors (Lipinski definition) is 5. The van der Waals surface area contributed by atoms with Gasteiger partial charge in [-0.15, -0.1) is 0 Å². The number of aromatic nitrogens is 2. The fraction of sp³-hybridized carbons (Fsp3) is 0.545. The molecular formula is C11H14N2O3. The van der Waals surface area contributed by atoms with Crippen molar-refractivity contribution in [2.24, 2.45) is 0 Å². The highest BCUT2D eigenvalue weighted by atomic mass is 16.5. The molecule has 1 aliphatic rings. The molecular weight excluding hydrogens is 208 g/mol. The summed E-state index contributed by atoms with van der Waals surface area (Å²) in [5.41, 5.74) is -0.641. The molecule has 0 bridgehead atoms. The summed E-state index contributed by atoms with van der Waals surface area (Å²) in [4.78, 5) is 19.3. The van der Waals surface area contributed by atoms with Gasteiger partial charge in [0.25, 0.3) is 0 Å². The van der Waals surface area contributed by atoms with Crippen LogP contribution in [0.15, 0.2) is 12.4 Å². The Morgan fingerprint density at radius 1 is 1.31 bits per heavy atom. The molecule has 1 heterocycles. The minimum absolute atomic E-state index is 0.188. The van der Waals surface area contributed by atoms with Gasteiger partial charge in [-0.05, 0) is 12.8 Å². The number of carbonyl (C=O) groups is 1. The molecule has 86 valence electrons. The van der Waals surface area contributed by atoms with Crippen molar-refractivity contribution in [2.45, 2.75) is 31.3 Å². The smallest absolute Gasteiger partial charge is 0.238 e. The normalized spacial score (nSPS) is 19.5. The first kappa shape index (κ1) is 11.0. The number of methoxy groups -OCH3 is 1. The molecule has 0 spiro atoms. The predicted octanol–water partition coefficient (Wildman–Crippen LogP) is 0.816. The third-order valence-electron chi connectivity index (χ3n) is 2.93. The average molecular weight is 222 g/mol. The first-order valence-corrected chi connectivity index (χ1v) is 5.25. The van der Waals surface area contributed by atoms with Crippen molar-refractivity contribution in [3.8, 4) is 5.88 Å². The van der Waals surface area contributed by atoms with Crippen molar-refractivity contribution in [1.29, 1.82) is 0 Å². The highest BCUT2D eigenvalue weighted by Crippen LogP contribution is 2.37. The zero-order valence-corrected chi connectivity index (χ0v) is 9.14. The van der Waals surface area contributed by atoms with Crippen molar-refractivity contribution in [1.82, 2.24) is 9.97 Å². The van der Waals surface area contributed by atoms with Crippen LogP contribution in [0, 0.1) is 0 Å². The van der Waals surface area contributed by atoms with Crippen LogP contribution < -0.4 is 4.74 Å². The number of nitrogens with zero attached hydrogens (tertiary/aromatic N) is 2. The highest BCUT2D eigenvalue weighted by molar-refractivity contribution is 5.79. The summed E-state index contributed by atoms with van der Waals surface area (Å²) >= 11 is 0. The fourth-order valence-electron chi connectivity index (χ4n) is 1.97. The van der Waals surface area contributed by atoms with Crippen LogP contribution in [0.2, 0.25) is 0 Å². The molecule has 1 fully saturated rings. The molecule has 5 nitrogen and oxygen atoms in total. The number of rotatable bonds is 2. The molecule has 0 aliphatic heterocycles. The molecule has 0 saturated heterocycles. The predicted molar refractivity (Wildman–Crippen MR) is 56.0 cm³/mol. The number of hydrogen-bond donors (Lipinski definition) is 1. The number of ketones is 1. The zero-order chi connectivity index (χ0) is 11.6. The molecule has 1 N–H and O–H groups in total. The quantitative estimate of drug-likeness (QED) is 0.801. The van der Waals surface area contributed by atoms with E-state index in [2.05, 4.69) is 9.97 Å². The van der Waals surface area contributed by atoms with E-state index < -0.39 is 5.60 Å². The van der Waals surface area contributed by atoms with Crippen LogP contribution in [-0.2, 0) is 10.4 Å². The minimum Gasteiger partial charge on any atom is -0.480 e. The molecule has 5 heteroatoms. The van der Waals surface area contributed by atoms with Crippen LogP contribution in [0.5, 0.6) is 5.88 Å². The monoisotopic (exact) mass is 222 g/mol. The van der Waals surface area contributed by atoms with E-state index in [0.717, 1.165) is 0 Å². The lowest BCUT2D eigenvalue weighted by Crippen LogP contribution is -2.33. The molecule has 0 radical (unpaired) electrons. The molecule has 0 aromatic carbocycles. The van der Waals surface area contributed by atoms with Gasteiger partial charge in [0, 0.05) is 25.2 Å². The summed E-state index contributed by atoms with van der Waals surface area (Å²) in [6.07, 6.45) is 4.58. The van der Waals surface area contributed by atoms with E-state index in [1.54, 1.807) is 0 Å². The minimum atomic E-state index is -1.08. The summed E-state index contributed by atoms with van der Waals surface area (Å²) < 4.78 is 5.07. The molecule has 2 rings (SSSR count). The van der Waals surface area contributed by atoms with Crippen molar-refractivity contribution >= 4 is 5.78 Å². The van der Waals surface area contributed by atoms with Gasteiger partial charge < -0.3 is 9.84 Å². The number of ether oxygens (including phenoxy) is 1.